The molecule has 1 saturated heterocycles. The van der Waals surface area contributed by atoms with Crippen molar-refractivity contribution in [1.29, 1.82) is 0 Å². The molecule has 4 nitrogen and oxygen atoms in total. The van der Waals surface area contributed by atoms with Gasteiger partial charge in [-0.1, -0.05) is 39.7 Å². The van der Waals surface area contributed by atoms with Crippen LogP contribution >= 0.6 is 0 Å². The Morgan fingerprint density at radius 2 is 1.67 bits per heavy atom. The van der Waals surface area contributed by atoms with Crippen molar-refractivity contribution in [2.45, 2.75) is 110 Å². The minimum Gasteiger partial charge on any atom is -0.508 e. The number of nitrogens with zero attached hydrogens (tertiary/aromatic N) is 1. The number of benzene rings is 2. The van der Waals surface area contributed by atoms with Crippen molar-refractivity contribution in [3.05, 3.63) is 64.7 Å². The van der Waals surface area contributed by atoms with Gasteiger partial charge >= 0.3 is 0 Å². The summed E-state index contributed by atoms with van der Waals surface area (Å²) in [4.78, 5) is 2.56. The highest BCUT2D eigenvalue weighted by Crippen LogP contribution is 2.40. The Morgan fingerprint density at radius 3 is 2.44 bits per heavy atom. The lowest BCUT2D eigenvalue weighted by atomic mass is 9.88. The van der Waals surface area contributed by atoms with Crippen LogP contribution in [0.25, 0.3) is 11.1 Å². The van der Waals surface area contributed by atoms with Crippen LogP contribution in [0.1, 0.15) is 115 Å². The summed E-state index contributed by atoms with van der Waals surface area (Å²) in [7, 11) is -2.98. The van der Waals surface area contributed by atoms with Gasteiger partial charge in [0.05, 0.1) is 11.5 Å². The van der Waals surface area contributed by atoms with Crippen LogP contribution in [0.2, 0.25) is 0 Å². The Morgan fingerprint density at radius 1 is 0.907 bits per heavy atom. The molecule has 0 unspecified atom stereocenters. The average molecular weight is 616 g/mol. The van der Waals surface area contributed by atoms with E-state index in [1.54, 1.807) is 12.1 Å². The second-order valence-corrected chi connectivity index (χ2v) is 16.2. The molecular formula is C36H51F2NO3S. The molecule has 0 amide bonds. The number of fused-ring (bicyclic) bond motifs is 1. The summed E-state index contributed by atoms with van der Waals surface area (Å²) in [5, 5.41) is 10.1. The second kappa shape index (κ2) is 15.2. The Labute approximate surface area is 258 Å². The molecular weight excluding hydrogens is 564 g/mol. The third kappa shape index (κ3) is 10.1. The van der Waals surface area contributed by atoms with E-state index in [0.717, 1.165) is 112 Å². The highest BCUT2D eigenvalue weighted by Gasteiger charge is 2.25. The van der Waals surface area contributed by atoms with Gasteiger partial charge < -0.3 is 10.0 Å². The fourth-order valence-corrected chi connectivity index (χ4v) is 8.49. The molecule has 0 spiro atoms. The number of likely N-dealkylation sites (tertiary alicyclic amines) is 1. The summed E-state index contributed by atoms with van der Waals surface area (Å²) in [6, 6.07) is 9.86. The van der Waals surface area contributed by atoms with Crippen molar-refractivity contribution < 1.29 is 22.3 Å². The number of hydrogen-bond donors (Lipinski definition) is 1. The number of halogens is 2. The van der Waals surface area contributed by atoms with Gasteiger partial charge in [-0.15, -0.1) is 0 Å². The predicted molar refractivity (Wildman–Crippen MR) is 174 cm³/mol. The Hall–Kier alpha value is -2.25. The smallest absolute Gasteiger partial charge is 0.150 e. The molecule has 0 bridgehead atoms. The number of unbranched alkanes of at least 4 members (excludes halogenated alkanes) is 3. The Balaban J connectivity index is 1.28. The maximum Gasteiger partial charge on any atom is 0.150 e. The topological polar surface area (TPSA) is 57.6 Å². The third-order valence-electron chi connectivity index (χ3n) is 9.18. The summed E-state index contributed by atoms with van der Waals surface area (Å²) in [6.45, 7) is 8.42. The van der Waals surface area contributed by atoms with Crippen LogP contribution in [0.4, 0.5) is 8.78 Å². The van der Waals surface area contributed by atoms with Gasteiger partial charge in [0.1, 0.15) is 27.2 Å². The normalized spacial score (nSPS) is 18.2. The monoisotopic (exact) mass is 615 g/mol. The molecule has 0 saturated carbocycles. The first-order chi connectivity index (χ1) is 20.4. The molecule has 2 aliphatic rings. The number of phenolic OH excluding ortho intramolecular Hbond substituents is 1. The first-order valence-corrected chi connectivity index (χ1v) is 18.2. The zero-order valence-electron chi connectivity index (χ0n) is 26.4. The predicted octanol–water partition coefficient (Wildman–Crippen LogP) is 8.96. The standard InChI is InChI=1S/C36H51F2NO3S/c1-36(2,3)20-24-43(41,42)23-10-13-29-12-9-22-39(29)21-7-5-4-6-14-32-31-19-17-30(40)25-27(31)11-8-15-33(32)34-18-16-28(37)26-35(34)38/h16-19,25-26,29,40H,4-15,20-24H2,1-3H3/t29-/m0/s1. The highest BCUT2D eigenvalue weighted by molar-refractivity contribution is 7.91. The van der Waals surface area contributed by atoms with E-state index in [2.05, 4.69) is 25.7 Å². The van der Waals surface area contributed by atoms with E-state index >= 15 is 0 Å². The van der Waals surface area contributed by atoms with Gasteiger partial charge in [0.2, 0.25) is 0 Å². The molecule has 0 radical (unpaired) electrons. The van der Waals surface area contributed by atoms with Gasteiger partial charge in [-0.3, -0.25) is 0 Å². The summed E-state index contributed by atoms with van der Waals surface area (Å²) >= 11 is 0. The molecule has 1 atom stereocenters. The van der Waals surface area contributed by atoms with Crippen molar-refractivity contribution in [3.8, 4) is 5.75 Å². The van der Waals surface area contributed by atoms with Gasteiger partial charge in [-0.2, -0.15) is 0 Å². The molecule has 1 fully saturated rings. The van der Waals surface area contributed by atoms with Crippen molar-refractivity contribution in [1.82, 2.24) is 4.90 Å². The van der Waals surface area contributed by atoms with Crippen LogP contribution in [0, 0.1) is 17.0 Å². The van der Waals surface area contributed by atoms with Crippen molar-refractivity contribution in [2.24, 2.45) is 5.41 Å². The van der Waals surface area contributed by atoms with Crippen molar-refractivity contribution >= 4 is 21.0 Å². The van der Waals surface area contributed by atoms with Gasteiger partial charge in [0.25, 0.3) is 0 Å². The molecule has 7 heteroatoms. The van der Waals surface area contributed by atoms with Crippen LogP contribution in [0.5, 0.6) is 5.75 Å². The fraction of sp³-hybridized carbons (Fsp3) is 0.611. The van der Waals surface area contributed by atoms with E-state index in [9.17, 15) is 22.3 Å². The molecule has 4 rings (SSSR count). The first-order valence-electron chi connectivity index (χ1n) is 16.4. The van der Waals surface area contributed by atoms with Crippen LogP contribution in [0.3, 0.4) is 0 Å². The maximum absolute atomic E-state index is 14.9. The molecule has 1 aliphatic heterocycles. The van der Waals surface area contributed by atoms with Gasteiger partial charge in [0, 0.05) is 17.7 Å². The maximum atomic E-state index is 14.9. The van der Waals surface area contributed by atoms with Crippen LogP contribution < -0.4 is 0 Å². The third-order valence-corrected chi connectivity index (χ3v) is 10.9. The zero-order chi connectivity index (χ0) is 31.0. The number of aromatic hydroxyl groups is 1. The molecule has 0 aromatic heterocycles. The number of rotatable bonds is 14. The SMILES string of the molecule is CC(C)(C)CCS(=O)(=O)CCC[C@@H]1CCCN1CCCCCCC1=C(c2ccc(F)cc2F)CCCc2cc(O)ccc21. The van der Waals surface area contributed by atoms with Crippen LogP contribution in [-0.4, -0.2) is 49.1 Å². The van der Waals surface area contributed by atoms with E-state index < -0.39 is 21.5 Å². The van der Waals surface area contributed by atoms with E-state index in [4.69, 9.17) is 0 Å². The number of allylic oxidation sites excluding steroid dienone is 2. The molecule has 238 valence electrons. The molecule has 1 heterocycles. The molecule has 1 aliphatic carbocycles. The lowest BCUT2D eigenvalue weighted by Crippen LogP contribution is -2.31. The number of phenols is 1. The highest BCUT2D eigenvalue weighted by atomic mass is 32.2. The minimum atomic E-state index is -2.98. The quantitative estimate of drug-likeness (QED) is 0.216. The van der Waals surface area contributed by atoms with E-state index in [-0.39, 0.29) is 16.9 Å². The summed E-state index contributed by atoms with van der Waals surface area (Å²) in [5.74, 6) is -0.246. The van der Waals surface area contributed by atoms with Crippen LogP contribution in [0.15, 0.2) is 36.4 Å². The van der Waals surface area contributed by atoms with E-state index in [1.807, 2.05) is 12.1 Å². The molecule has 2 aromatic rings. The molecule has 1 N–H and O–H groups in total. The van der Waals surface area contributed by atoms with Gasteiger partial charge in [-0.25, -0.2) is 17.2 Å². The van der Waals surface area contributed by atoms with E-state index in [1.165, 1.54) is 12.5 Å². The van der Waals surface area contributed by atoms with Gasteiger partial charge in [0.15, 0.2) is 0 Å². The van der Waals surface area contributed by atoms with Crippen molar-refractivity contribution in [3.63, 3.8) is 0 Å². The fourth-order valence-electron chi connectivity index (χ4n) is 6.76. The van der Waals surface area contributed by atoms with Crippen LogP contribution in [-0.2, 0) is 16.3 Å². The summed E-state index contributed by atoms with van der Waals surface area (Å²) in [5.41, 5.74) is 4.78. The molecule has 43 heavy (non-hydrogen) atoms. The number of sulfone groups is 1. The number of hydrogen-bond acceptors (Lipinski definition) is 4. The largest absolute Gasteiger partial charge is 0.508 e. The first kappa shape index (κ1) is 33.6. The van der Waals surface area contributed by atoms with E-state index in [0.29, 0.717) is 23.8 Å². The number of aryl methyl sites for hydroxylation is 1. The lowest BCUT2D eigenvalue weighted by molar-refractivity contribution is 0.236. The Kier molecular flexibility index (Phi) is 11.9. The van der Waals surface area contributed by atoms with Crippen molar-refractivity contribution in [2.75, 3.05) is 24.6 Å². The second-order valence-electron chi connectivity index (χ2n) is 13.9. The minimum absolute atomic E-state index is 0.0409. The molecule has 2 aromatic carbocycles. The summed E-state index contributed by atoms with van der Waals surface area (Å²) < 4.78 is 53.6. The average Bonchev–Trinajstić information content (AvgIpc) is 3.30. The Bertz CT molecular complexity index is 1360. The summed E-state index contributed by atoms with van der Waals surface area (Å²) in [6.07, 6.45) is 12.3. The zero-order valence-corrected chi connectivity index (χ0v) is 27.3. The lowest BCUT2D eigenvalue weighted by Gasteiger charge is -2.24. The van der Waals surface area contributed by atoms with Gasteiger partial charge in [-0.05, 0) is 136 Å².